The number of nitrogen functional groups attached to an aromatic ring is 1. The number of aromatic nitrogens is 1. The van der Waals surface area contributed by atoms with Crippen molar-refractivity contribution in [3.63, 3.8) is 0 Å². The molecule has 0 spiro atoms. The van der Waals surface area contributed by atoms with E-state index in [1.165, 1.54) is 31.5 Å². The van der Waals surface area contributed by atoms with E-state index in [9.17, 15) is 4.39 Å². The number of benzene rings is 2. The number of hydrogen-bond acceptors (Lipinski definition) is 5. The number of piperazine rings is 1. The Morgan fingerprint density at radius 1 is 0.944 bits per heavy atom. The summed E-state index contributed by atoms with van der Waals surface area (Å²) >= 11 is 0. The molecule has 0 bridgehead atoms. The highest BCUT2D eigenvalue weighted by Gasteiger charge is 2.24. The van der Waals surface area contributed by atoms with Gasteiger partial charge in [0, 0.05) is 60.5 Å². The minimum atomic E-state index is -0.552. The van der Waals surface area contributed by atoms with Gasteiger partial charge in [-0.05, 0) is 65.9 Å². The molecule has 3 aliphatic rings. The normalized spacial score (nSPS) is 17.7. The Bertz CT molecular complexity index is 1320. The molecule has 1 aliphatic carbocycles. The van der Waals surface area contributed by atoms with Gasteiger partial charge < -0.3 is 16.0 Å². The third-order valence-corrected chi connectivity index (χ3v) is 7.68. The third kappa shape index (κ3) is 4.61. The molecule has 0 radical (unpaired) electrons. The number of hydrogen-bond donors (Lipinski definition) is 2. The largest absolute Gasteiger partial charge is 0.383 e. The van der Waals surface area contributed by atoms with Crippen molar-refractivity contribution < 1.29 is 4.39 Å². The van der Waals surface area contributed by atoms with Crippen LogP contribution < -0.4 is 16.0 Å². The monoisotopic (exact) mass is 481 g/mol. The van der Waals surface area contributed by atoms with Crippen molar-refractivity contribution in [1.29, 1.82) is 0 Å². The van der Waals surface area contributed by atoms with E-state index in [0.29, 0.717) is 5.56 Å². The second-order valence-corrected chi connectivity index (χ2v) is 10.1. The van der Waals surface area contributed by atoms with Crippen molar-refractivity contribution in [2.45, 2.75) is 19.3 Å². The summed E-state index contributed by atoms with van der Waals surface area (Å²) in [6.07, 6.45) is 8.06. The van der Waals surface area contributed by atoms with E-state index < -0.39 is 5.95 Å². The average molecular weight is 482 g/mol. The first-order chi connectivity index (χ1) is 17.5. The molecule has 6 rings (SSSR count). The van der Waals surface area contributed by atoms with E-state index >= 15 is 0 Å². The molecule has 0 atom stereocenters. The molecule has 1 saturated carbocycles. The molecule has 0 unspecified atom stereocenters. The fraction of sp³-hybridized carbons (Fsp3) is 0.300. The van der Waals surface area contributed by atoms with Gasteiger partial charge in [-0.3, -0.25) is 4.90 Å². The number of nitrogens with one attached hydrogen (secondary N) is 1. The highest BCUT2D eigenvalue weighted by Crippen LogP contribution is 2.35. The predicted molar refractivity (Wildman–Crippen MR) is 147 cm³/mol. The summed E-state index contributed by atoms with van der Waals surface area (Å²) in [6.45, 7) is 9.55. The lowest BCUT2D eigenvalue weighted by atomic mass is 9.95. The summed E-state index contributed by atoms with van der Waals surface area (Å²) in [5.41, 5.74) is 13.1. The molecule has 0 amide bonds. The van der Waals surface area contributed by atoms with E-state index in [1.54, 1.807) is 0 Å². The van der Waals surface area contributed by atoms with E-state index in [2.05, 4.69) is 38.8 Å². The molecule has 1 saturated heterocycles. The maximum Gasteiger partial charge on any atom is 0.222 e. The number of rotatable bonds is 6. The summed E-state index contributed by atoms with van der Waals surface area (Å²) < 4.78 is 15.0. The van der Waals surface area contributed by atoms with Crippen molar-refractivity contribution in [2.75, 3.05) is 43.4 Å². The molecule has 2 aliphatic heterocycles. The smallest absolute Gasteiger partial charge is 0.222 e. The maximum absolute atomic E-state index is 15.0. The number of anilines is 2. The van der Waals surface area contributed by atoms with E-state index in [1.807, 2.05) is 48.7 Å². The van der Waals surface area contributed by atoms with Gasteiger partial charge in [-0.1, -0.05) is 43.7 Å². The van der Waals surface area contributed by atoms with Gasteiger partial charge in [-0.15, -0.1) is 0 Å². The van der Waals surface area contributed by atoms with Gasteiger partial charge in [-0.2, -0.15) is 4.39 Å². The van der Waals surface area contributed by atoms with Crippen LogP contribution in [0.2, 0.25) is 0 Å². The van der Waals surface area contributed by atoms with E-state index in [-0.39, 0.29) is 5.82 Å². The van der Waals surface area contributed by atoms with Crippen molar-refractivity contribution in [3.8, 4) is 22.3 Å². The second kappa shape index (κ2) is 9.43. The Morgan fingerprint density at radius 2 is 1.69 bits per heavy atom. The molecule has 1 aromatic heterocycles. The lowest BCUT2D eigenvalue weighted by Gasteiger charge is -2.36. The zero-order chi connectivity index (χ0) is 24.6. The standard InChI is InChI=1S/C30H32FN5/c1-20-26-9-6-23(18-24(26)10-12-33-20)28-19-27(29(31)34-30(28)32)22-4-7-25(8-5-22)36-16-14-35(15-17-36)13-11-21-2-3-21/h4-10,12,18-19,21,33H,1-3,11,13-17H2,(H2,32,34). The van der Waals surface area contributed by atoms with Crippen LogP contribution in [0.4, 0.5) is 15.9 Å². The van der Waals surface area contributed by atoms with Crippen molar-refractivity contribution in [1.82, 2.24) is 15.2 Å². The molecule has 2 fully saturated rings. The molecule has 3 aromatic rings. The number of nitrogens with two attached hydrogens (primary N) is 1. The van der Waals surface area contributed by atoms with Gasteiger partial charge in [0.15, 0.2) is 0 Å². The van der Waals surface area contributed by atoms with Crippen molar-refractivity contribution in [3.05, 3.63) is 78.4 Å². The lowest BCUT2D eigenvalue weighted by Crippen LogP contribution is -2.46. The molecule has 3 N–H and O–H groups in total. The quantitative estimate of drug-likeness (QED) is 0.449. The van der Waals surface area contributed by atoms with Crippen LogP contribution in [0, 0.1) is 11.9 Å². The first-order valence-corrected chi connectivity index (χ1v) is 12.9. The fourth-order valence-corrected chi connectivity index (χ4v) is 5.24. The minimum Gasteiger partial charge on any atom is -0.383 e. The highest BCUT2D eigenvalue weighted by molar-refractivity contribution is 5.84. The second-order valence-electron chi connectivity index (χ2n) is 10.1. The van der Waals surface area contributed by atoms with Crippen LogP contribution in [0.25, 0.3) is 34.0 Å². The third-order valence-electron chi connectivity index (χ3n) is 7.68. The zero-order valence-electron chi connectivity index (χ0n) is 20.5. The van der Waals surface area contributed by atoms with E-state index in [0.717, 1.165) is 65.6 Å². The Hall–Kier alpha value is -3.64. The molecule has 3 heterocycles. The van der Waals surface area contributed by atoms with Gasteiger partial charge >= 0.3 is 0 Å². The zero-order valence-corrected chi connectivity index (χ0v) is 20.5. The molecule has 5 nitrogen and oxygen atoms in total. The Balaban J connectivity index is 1.20. The van der Waals surface area contributed by atoms with Crippen LogP contribution in [0.1, 0.15) is 30.4 Å². The number of nitrogens with zero attached hydrogens (tertiary/aromatic N) is 3. The summed E-state index contributed by atoms with van der Waals surface area (Å²) in [4.78, 5) is 9.06. The Morgan fingerprint density at radius 3 is 2.44 bits per heavy atom. The van der Waals surface area contributed by atoms with Gasteiger partial charge in [0.2, 0.25) is 5.95 Å². The number of pyridine rings is 1. The van der Waals surface area contributed by atoms with Crippen LogP contribution in [0.5, 0.6) is 0 Å². The van der Waals surface area contributed by atoms with E-state index in [4.69, 9.17) is 5.73 Å². The van der Waals surface area contributed by atoms with Crippen LogP contribution in [-0.4, -0.2) is 42.6 Å². The predicted octanol–water partition coefficient (Wildman–Crippen LogP) is 5.60. The van der Waals surface area contributed by atoms with Gasteiger partial charge in [0.1, 0.15) is 5.82 Å². The van der Waals surface area contributed by atoms with Gasteiger partial charge in [0.05, 0.1) is 0 Å². The topological polar surface area (TPSA) is 57.4 Å². The van der Waals surface area contributed by atoms with Crippen molar-refractivity contribution in [2.24, 2.45) is 5.92 Å². The number of fused-ring (bicyclic) bond motifs is 1. The average Bonchev–Trinajstić information content (AvgIpc) is 3.73. The van der Waals surface area contributed by atoms with Gasteiger partial charge in [-0.25, -0.2) is 4.98 Å². The summed E-state index contributed by atoms with van der Waals surface area (Å²) in [5, 5.41) is 3.12. The molecule has 6 heteroatoms. The SMILES string of the molecule is C=C1NC=Cc2cc(-c3cc(-c4ccc(N5CCN(CCC6CC6)CC5)cc4)c(F)nc3N)ccc21. The van der Waals surface area contributed by atoms with Crippen LogP contribution in [0.3, 0.4) is 0 Å². The maximum atomic E-state index is 15.0. The Kier molecular flexibility index (Phi) is 5.97. The molecular formula is C30H32FN5. The van der Waals surface area contributed by atoms with Crippen molar-refractivity contribution >= 4 is 23.3 Å². The summed E-state index contributed by atoms with van der Waals surface area (Å²) in [6, 6.07) is 16.0. The van der Waals surface area contributed by atoms with Gasteiger partial charge in [0.25, 0.3) is 0 Å². The minimum absolute atomic E-state index is 0.184. The highest BCUT2D eigenvalue weighted by atomic mass is 19.1. The molecule has 184 valence electrons. The fourth-order valence-electron chi connectivity index (χ4n) is 5.24. The lowest BCUT2D eigenvalue weighted by molar-refractivity contribution is 0.250. The first-order valence-electron chi connectivity index (χ1n) is 12.9. The summed E-state index contributed by atoms with van der Waals surface area (Å²) in [5.74, 6) is 0.619. The van der Waals surface area contributed by atoms with Crippen LogP contribution in [-0.2, 0) is 0 Å². The van der Waals surface area contributed by atoms with Crippen LogP contribution >= 0.6 is 0 Å². The Labute approximate surface area is 212 Å². The molecule has 36 heavy (non-hydrogen) atoms. The summed E-state index contributed by atoms with van der Waals surface area (Å²) in [7, 11) is 0. The number of halogens is 1. The molecular weight excluding hydrogens is 449 g/mol. The van der Waals surface area contributed by atoms with Crippen LogP contribution in [0.15, 0.2) is 61.3 Å². The first kappa shape index (κ1) is 22.8. The molecule has 2 aromatic carbocycles.